The average Bonchev–Trinajstić information content (AvgIpc) is 2.90. The predicted octanol–water partition coefficient (Wildman–Crippen LogP) is 2.39. The monoisotopic (exact) mass is 352 g/mol. The van der Waals surface area contributed by atoms with Crippen LogP contribution in [-0.2, 0) is 17.9 Å². The van der Waals surface area contributed by atoms with Crippen molar-refractivity contribution in [2.45, 2.75) is 26.4 Å². The Hall–Kier alpha value is -2.86. The summed E-state index contributed by atoms with van der Waals surface area (Å²) in [6.07, 6.45) is 4.34. The number of hydrogen-bond donors (Lipinski definition) is 2. The van der Waals surface area contributed by atoms with Crippen LogP contribution >= 0.6 is 0 Å². The fourth-order valence-corrected chi connectivity index (χ4v) is 3.12. The first-order chi connectivity index (χ1) is 12.7. The number of fused-ring (bicyclic) bond motifs is 1. The topological polar surface area (TPSA) is 82.2 Å². The summed E-state index contributed by atoms with van der Waals surface area (Å²) in [5.74, 6) is 0.457. The van der Waals surface area contributed by atoms with Crippen molar-refractivity contribution in [3.63, 3.8) is 0 Å². The first-order valence-corrected chi connectivity index (χ1v) is 8.75. The third-order valence-corrected chi connectivity index (χ3v) is 4.38. The summed E-state index contributed by atoms with van der Waals surface area (Å²) in [5.41, 5.74) is 8.72. The van der Waals surface area contributed by atoms with Gasteiger partial charge in [0.25, 0.3) is 0 Å². The standard InChI is InChI=1S/C20H24N4O2/c1-15-18(13-23-10-5-11-26-16-6-4-9-22-12-16)17-7-2-3-8-19(17)24(15)14-20(21)25/h2-4,6-9,12,23H,5,10-11,13-14H2,1H3,(H2,21,25). The molecular weight excluding hydrogens is 328 g/mol. The summed E-state index contributed by atoms with van der Waals surface area (Å²) >= 11 is 0. The van der Waals surface area contributed by atoms with Gasteiger partial charge in [-0.05, 0) is 43.7 Å². The van der Waals surface area contributed by atoms with Gasteiger partial charge in [0.15, 0.2) is 0 Å². The molecule has 6 heteroatoms. The molecule has 1 aromatic carbocycles. The van der Waals surface area contributed by atoms with Crippen molar-refractivity contribution in [1.29, 1.82) is 0 Å². The Morgan fingerprint density at radius 3 is 2.88 bits per heavy atom. The van der Waals surface area contributed by atoms with Gasteiger partial charge < -0.3 is 20.4 Å². The highest BCUT2D eigenvalue weighted by Gasteiger charge is 2.14. The summed E-state index contributed by atoms with van der Waals surface area (Å²) in [6.45, 7) is 4.46. The molecule has 6 nitrogen and oxygen atoms in total. The highest BCUT2D eigenvalue weighted by atomic mass is 16.5. The van der Waals surface area contributed by atoms with Gasteiger partial charge in [-0.25, -0.2) is 0 Å². The lowest BCUT2D eigenvalue weighted by atomic mass is 10.1. The third-order valence-electron chi connectivity index (χ3n) is 4.38. The number of nitrogens with one attached hydrogen (secondary N) is 1. The van der Waals surface area contributed by atoms with Crippen molar-refractivity contribution >= 4 is 16.8 Å². The maximum absolute atomic E-state index is 11.4. The van der Waals surface area contributed by atoms with Crippen molar-refractivity contribution in [3.8, 4) is 5.75 Å². The van der Waals surface area contributed by atoms with E-state index in [9.17, 15) is 4.79 Å². The molecule has 0 aliphatic carbocycles. The molecular formula is C20H24N4O2. The Morgan fingerprint density at radius 2 is 2.12 bits per heavy atom. The van der Waals surface area contributed by atoms with E-state index in [0.717, 1.165) is 41.9 Å². The number of benzene rings is 1. The molecule has 0 aliphatic rings. The molecule has 0 saturated heterocycles. The lowest BCUT2D eigenvalue weighted by Gasteiger charge is -2.08. The molecule has 0 bridgehead atoms. The zero-order chi connectivity index (χ0) is 18.4. The number of nitrogens with two attached hydrogens (primary N) is 1. The first kappa shape index (κ1) is 17.9. The molecule has 0 fully saturated rings. The minimum atomic E-state index is -0.332. The number of ether oxygens (including phenoxy) is 1. The molecule has 0 unspecified atom stereocenters. The number of para-hydroxylation sites is 1. The molecule has 0 atom stereocenters. The Labute approximate surface area is 153 Å². The Kier molecular flexibility index (Phi) is 5.86. The van der Waals surface area contributed by atoms with Gasteiger partial charge >= 0.3 is 0 Å². The molecule has 0 radical (unpaired) electrons. The lowest BCUT2D eigenvalue weighted by molar-refractivity contribution is -0.118. The second-order valence-corrected chi connectivity index (χ2v) is 6.20. The van der Waals surface area contributed by atoms with E-state index in [0.29, 0.717) is 6.61 Å². The van der Waals surface area contributed by atoms with Gasteiger partial charge in [-0.3, -0.25) is 9.78 Å². The van der Waals surface area contributed by atoms with Crippen LogP contribution in [0.3, 0.4) is 0 Å². The number of nitrogens with zero attached hydrogens (tertiary/aromatic N) is 2. The number of carbonyl (C=O) groups is 1. The van der Waals surface area contributed by atoms with E-state index in [2.05, 4.69) is 16.4 Å². The molecule has 0 saturated carbocycles. The fraction of sp³-hybridized carbons (Fsp3) is 0.300. The molecule has 2 heterocycles. The van der Waals surface area contributed by atoms with Crippen molar-refractivity contribution in [3.05, 3.63) is 60.0 Å². The minimum Gasteiger partial charge on any atom is -0.492 e. The van der Waals surface area contributed by atoms with E-state index in [1.54, 1.807) is 12.4 Å². The second kappa shape index (κ2) is 8.49. The van der Waals surface area contributed by atoms with E-state index in [-0.39, 0.29) is 12.5 Å². The molecule has 1 amide bonds. The molecule has 0 aliphatic heterocycles. The van der Waals surface area contributed by atoms with Crippen LogP contribution in [0.5, 0.6) is 5.75 Å². The Balaban J connectivity index is 1.57. The van der Waals surface area contributed by atoms with Gasteiger partial charge in [0.05, 0.1) is 12.8 Å². The van der Waals surface area contributed by atoms with E-state index >= 15 is 0 Å². The van der Waals surface area contributed by atoms with Crippen LogP contribution in [0, 0.1) is 6.92 Å². The van der Waals surface area contributed by atoms with Crippen molar-refractivity contribution in [2.75, 3.05) is 13.2 Å². The van der Waals surface area contributed by atoms with Gasteiger partial charge in [0, 0.05) is 29.3 Å². The molecule has 2 aromatic heterocycles. The largest absolute Gasteiger partial charge is 0.492 e. The zero-order valence-electron chi connectivity index (χ0n) is 14.9. The maximum Gasteiger partial charge on any atom is 0.237 e. The van der Waals surface area contributed by atoms with E-state index < -0.39 is 0 Å². The van der Waals surface area contributed by atoms with Crippen molar-refractivity contribution in [2.24, 2.45) is 5.73 Å². The quantitative estimate of drug-likeness (QED) is 0.579. The summed E-state index contributed by atoms with van der Waals surface area (Å²) in [4.78, 5) is 15.4. The van der Waals surface area contributed by atoms with Gasteiger partial charge in [0.2, 0.25) is 5.91 Å². The molecule has 136 valence electrons. The third kappa shape index (κ3) is 4.21. The van der Waals surface area contributed by atoms with Crippen LogP contribution < -0.4 is 15.8 Å². The van der Waals surface area contributed by atoms with Crippen molar-refractivity contribution in [1.82, 2.24) is 14.9 Å². The van der Waals surface area contributed by atoms with Crippen LogP contribution in [0.2, 0.25) is 0 Å². The van der Waals surface area contributed by atoms with E-state index in [4.69, 9.17) is 10.5 Å². The van der Waals surface area contributed by atoms with E-state index in [1.807, 2.05) is 41.8 Å². The van der Waals surface area contributed by atoms with Crippen LogP contribution in [0.1, 0.15) is 17.7 Å². The average molecular weight is 352 g/mol. The number of aromatic nitrogens is 2. The van der Waals surface area contributed by atoms with Gasteiger partial charge in [-0.1, -0.05) is 18.2 Å². The van der Waals surface area contributed by atoms with E-state index in [1.165, 1.54) is 5.56 Å². The molecule has 3 rings (SSSR count). The number of pyridine rings is 1. The minimum absolute atomic E-state index is 0.200. The molecule has 3 aromatic rings. The summed E-state index contributed by atoms with van der Waals surface area (Å²) in [7, 11) is 0. The van der Waals surface area contributed by atoms with Gasteiger partial charge in [0.1, 0.15) is 12.3 Å². The first-order valence-electron chi connectivity index (χ1n) is 8.75. The second-order valence-electron chi connectivity index (χ2n) is 6.20. The molecule has 0 spiro atoms. The maximum atomic E-state index is 11.4. The Bertz CT molecular complexity index is 874. The normalized spacial score (nSPS) is 11.0. The highest BCUT2D eigenvalue weighted by molar-refractivity contribution is 5.87. The number of hydrogen-bond acceptors (Lipinski definition) is 4. The fourth-order valence-electron chi connectivity index (χ4n) is 3.12. The zero-order valence-corrected chi connectivity index (χ0v) is 14.9. The number of amides is 1. The number of primary amides is 1. The predicted molar refractivity (Wildman–Crippen MR) is 102 cm³/mol. The Morgan fingerprint density at radius 1 is 1.27 bits per heavy atom. The number of rotatable bonds is 9. The smallest absolute Gasteiger partial charge is 0.237 e. The summed E-state index contributed by atoms with van der Waals surface area (Å²) < 4.78 is 7.63. The highest BCUT2D eigenvalue weighted by Crippen LogP contribution is 2.25. The summed E-state index contributed by atoms with van der Waals surface area (Å²) in [6, 6.07) is 11.9. The SMILES string of the molecule is Cc1c(CNCCCOc2cccnc2)c2ccccc2n1CC(N)=O. The summed E-state index contributed by atoms with van der Waals surface area (Å²) in [5, 5.41) is 4.62. The van der Waals surface area contributed by atoms with Crippen LogP contribution in [0.25, 0.3) is 10.9 Å². The lowest BCUT2D eigenvalue weighted by Crippen LogP contribution is -2.20. The van der Waals surface area contributed by atoms with Gasteiger partial charge in [-0.2, -0.15) is 0 Å². The van der Waals surface area contributed by atoms with Gasteiger partial charge in [-0.15, -0.1) is 0 Å². The van der Waals surface area contributed by atoms with Crippen LogP contribution in [-0.4, -0.2) is 28.6 Å². The van der Waals surface area contributed by atoms with Crippen LogP contribution in [0.15, 0.2) is 48.8 Å². The van der Waals surface area contributed by atoms with Crippen molar-refractivity contribution < 1.29 is 9.53 Å². The molecule has 3 N–H and O–H groups in total. The number of carbonyl (C=O) groups excluding carboxylic acids is 1. The van der Waals surface area contributed by atoms with Crippen LogP contribution in [0.4, 0.5) is 0 Å². The molecule has 26 heavy (non-hydrogen) atoms.